The molecule has 1 N–H and O–H groups in total. The fourth-order valence-corrected chi connectivity index (χ4v) is 4.05. The maximum Gasteiger partial charge on any atom is 0.277 e. The van der Waals surface area contributed by atoms with E-state index in [2.05, 4.69) is 20.5 Å². The number of amides is 1. The van der Waals surface area contributed by atoms with E-state index < -0.39 is 4.92 Å². The van der Waals surface area contributed by atoms with Crippen molar-refractivity contribution in [3.63, 3.8) is 0 Å². The second-order valence-electron chi connectivity index (χ2n) is 6.01. The Bertz CT molecular complexity index is 1220. The van der Waals surface area contributed by atoms with Crippen molar-refractivity contribution in [2.24, 2.45) is 0 Å². The quantitative estimate of drug-likeness (QED) is 0.274. The first-order valence-electron chi connectivity index (χ1n) is 8.36. The van der Waals surface area contributed by atoms with Crippen LogP contribution in [-0.4, -0.2) is 31.8 Å². The van der Waals surface area contributed by atoms with Gasteiger partial charge in [-0.15, -0.1) is 10.2 Å². The van der Waals surface area contributed by atoms with Crippen LogP contribution >= 0.6 is 23.1 Å². The number of aromatic nitrogens is 3. The van der Waals surface area contributed by atoms with Crippen LogP contribution in [-0.2, 0) is 4.79 Å². The third-order valence-corrected chi connectivity index (χ3v) is 5.58. The van der Waals surface area contributed by atoms with Crippen molar-refractivity contribution in [2.75, 3.05) is 11.1 Å². The highest BCUT2D eigenvalue weighted by Gasteiger charge is 2.15. The smallest absolute Gasteiger partial charge is 0.277 e. The molecule has 0 saturated heterocycles. The van der Waals surface area contributed by atoms with Crippen LogP contribution < -0.4 is 5.32 Å². The van der Waals surface area contributed by atoms with Crippen molar-refractivity contribution in [2.45, 2.75) is 12.1 Å². The molecule has 0 aliphatic rings. The Morgan fingerprint density at radius 3 is 2.97 bits per heavy atom. The molecule has 0 spiro atoms. The van der Waals surface area contributed by atoms with Gasteiger partial charge in [-0.05, 0) is 30.7 Å². The van der Waals surface area contributed by atoms with Gasteiger partial charge in [0.1, 0.15) is 0 Å². The lowest BCUT2D eigenvalue weighted by Crippen LogP contribution is -2.13. The topological polar surface area (TPSA) is 124 Å². The van der Waals surface area contributed by atoms with Gasteiger partial charge in [-0.3, -0.25) is 14.9 Å². The Kier molecular flexibility index (Phi) is 5.23. The average molecular weight is 427 g/mol. The summed E-state index contributed by atoms with van der Waals surface area (Å²) in [7, 11) is 0. The number of hydrogen-bond donors (Lipinski definition) is 1. The number of thioether (sulfide) groups is 1. The first-order valence-corrected chi connectivity index (χ1v) is 10.2. The summed E-state index contributed by atoms with van der Waals surface area (Å²) < 4.78 is 6.50. The van der Waals surface area contributed by atoms with E-state index in [4.69, 9.17) is 4.42 Å². The Morgan fingerprint density at radius 2 is 2.14 bits per heavy atom. The van der Waals surface area contributed by atoms with E-state index in [0.717, 1.165) is 27.5 Å². The predicted octanol–water partition coefficient (Wildman–Crippen LogP) is 4.29. The molecule has 0 unspecified atom stereocenters. The Morgan fingerprint density at radius 1 is 1.28 bits per heavy atom. The molecule has 4 rings (SSSR count). The first kappa shape index (κ1) is 19.0. The van der Waals surface area contributed by atoms with Crippen molar-refractivity contribution in [1.29, 1.82) is 0 Å². The molecule has 0 aliphatic heterocycles. The number of hydrogen-bond acceptors (Lipinski definition) is 9. The minimum absolute atomic E-state index is 0.0610. The molecule has 0 radical (unpaired) electrons. The maximum atomic E-state index is 12.2. The molecule has 0 aliphatic carbocycles. The standard InChI is InChI=1S/C18H13N5O4S2/c1-10-5-6-13-14(7-10)29-17(19-13)20-15(24)9-28-18-22-21-16(27-18)11-3-2-4-12(8-11)23(25)26/h2-8H,9H2,1H3,(H,19,20,24). The summed E-state index contributed by atoms with van der Waals surface area (Å²) in [5, 5.41) is 22.1. The zero-order valence-corrected chi connectivity index (χ0v) is 16.6. The summed E-state index contributed by atoms with van der Waals surface area (Å²) in [5.74, 6) is -0.0371. The zero-order chi connectivity index (χ0) is 20.4. The lowest BCUT2D eigenvalue weighted by atomic mass is 10.2. The summed E-state index contributed by atoms with van der Waals surface area (Å²) >= 11 is 2.48. The number of anilines is 1. The molecule has 2 aromatic carbocycles. The largest absolute Gasteiger partial charge is 0.411 e. The van der Waals surface area contributed by atoms with Gasteiger partial charge in [-0.2, -0.15) is 0 Å². The minimum atomic E-state index is -0.497. The van der Waals surface area contributed by atoms with Gasteiger partial charge < -0.3 is 9.73 Å². The molecule has 2 heterocycles. The number of nitrogens with one attached hydrogen (secondary N) is 1. The number of rotatable bonds is 6. The highest BCUT2D eigenvalue weighted by molar-refractivity contribution is 7.99. The van der Waals surface area contributed by atoms with Gasteiger partial charge >= 0.3 is 0 Å². The molecule has 0 fully saturated rings. The zero-order valence-electron chi connectivity index (χ0n) is 15.0. The number of aryl methyl sites for hydroxylation is 1. The van der Waals surface area contributed by atoms with Crippen LogP contribution in [0.5, 0.6) is 0 Å². The van der Waals surface area contributed by atoms with Crippen molar-refractivity contribution in [3.8, 4) is 11.5 Å². The molecule has 4 aromatic rings. The number of non-ortho nitro benzene ring substituents is 1. The SMILES string of the molecule is Cc1ccc2nc(NC(=O)CSc3nnc(-c4cccc([N+](=O)[O-])c4)o3)sc2c1. The van der Waals surface area contributed by atoms with Crippen LogP contribution in [0.15, 0.2) is 52.1 Å². The number of thiazole rings is 1. The Balaban J connectivity index is 1.38. The highest BCUT2D eigenvalue weighted by Crippen LogP contribution is 2.28. The van der Waals surface area contributed by atoms with Gasteiger partial charge in [0.25, 0.3) is 10.9 Å². The van der Waals surface area contributed by atoms with Crippen LogP contribution in [0.3, 0.4) is 0 Å². The van der Waals surface area contributed by atoms with Gasteiger partial charge in [-0.1, -0.05) is 35.2 Å². The number of nitro groups is 1. The molecule has 29 heavy (non-hydrogen) atoms. The molecule has 146 valence electrons. The normalized spacial score (nSPS) is 10.9. The van der Waals surface area contributed by atoms with Crippen LogP contribution in [0.2, 0.25) is 0 Å². The van der Waals surface area contributed by atoms with E-state index >= 15 is 0 Å². The van der Waals surface area contributed by atoms with Crippen molar-refractivity contribution >= 4 is 50.0 Å². The van der Waals surface area contributed by atoms with Crippen LogP contribution in [0, 0.1) is 17.0 Å². The average Bonchev–Trinajstić information content (AvgIpc) is 3.32. The summed E-state index contributed by atoms with van der Waals surface area (Å²) in [6.45, 7) is 2.00. The fraction of sp³-hybridized carbons (Fsp3) is 0.111. The van der Waals surface area contributed by atoms with Crippen LogP contribution in [0.1, 0.15) is 5.56 Å². The van der Waals surface area contributed by atoms with Gasteiger partial charge in [0.15, 0.2) is 5.13 Å². The number of nitro benzene ring substituents is 1. The number of carbonyl (C=O) groups excluding carboxylic acids is 1. The number of fused-ring (bicyclic) bond motifs is 1. The van der Waals surface area contributed by atoms with Crippen molar-refractivity contribution < 1.29 is 14.1 Å². The molecule has 11 heteroatoms. The second kappa shape index (κ2) is 7.97. The molecule has 2 aromatic heterocycles. The lowest BCUT2D eigenvalue weighted by Gasteiger charge is -1.98. The summed E-state index contributed by atoms with van der Waals surface area (Å²) in [6.07, 6.45) is 0. The van der Waals surface area contributed by atoms with Gasteiger partial charge in [0.2, 0.25) is 11.8 Å². The monoisotopic (exact) mass is 427 g/mol. The third kappa shape index (κ3) is 4.41. The Labute approximate surface area is 172 Å². The van der Waals surface area contributed by atoms with Crippen LogP contribution in [0.25, 0.3) is 21.7 Å². The van der Waals surface area contributed by atoms with E-state index in [1.807, 2.05) is 25.1 Å². The lowest BCUT2D eigenvalue weighted by molar-refractivity contribution is -0.384. The van der Waals surface area contributed by atoms with Gasteiger partial charge in [0, 0.05) is 17.7 Å². The second-order valence-corrected chi connectivity index (χ2v) is 7.96. The summed E-state index contributed by atoms with van der Waals surface area (Å²) in [4.78, 5) is 27.0. The van der Waals surface area contributed by atoms with Gasteiger partial charge in [-0.25, -0.2) is 4.98 Å². The Hall–Kier alpha value is -3.31. The molecule has 9 nitrogen and oxygen atoms in total. The minimum Gasteiger partial charge on any atom is -0.411 e. The highest BCUT2D eigenvalue weighted by atomic mass is 32.2. The van der Waals surface area contributed by atoms with E-state index in [-0.39, 0.29) is 28.5 Å². The number of benzene rings is 2. The molecular formula is C18H13N5O4S2. The molecule has 1 amide bonds. The van der Waals surface area contributed by atoms with Crippen molar-refractivity contribution in [3.05, 3.63) is 58.1 Å². The molecule has 0 atom stereocenters. The van der Waals surface area contributed by atoms with Crippen LogP contribution in [0.4, 0.5) is 10.8 Å². The first-order chi connectivity index (χ1) is 14.0. The van der Waals surface area contributed by atoms with Gasteiger partial charge in [0.05, 0.1) is 20.9 Å². The number of nitrogens with zero attached hydrogens (tertiary/aromatic N) is 4. The van der Waals surface area contributed by atoms with E-state index in [9.17, 15) is 14.9 Å². The van der Waals surface area contributed by atoms with E-state index in [0.29, 0.717) is 10.7 Å². The maximum absolute atomic E-state index is 12.2. The van der Waals surface area contributed by atoms with E-state index in [1.165, 1.54) is 29.5 Å². The number of carbonyl (C=O) groups is 1. The van der Waals surface area contributed by atoms with E-state index in [1.54, 1.807) is 6.07 Å². The predicted molar refractivity (Wildman–Crippen MR) is 110 cm³/mol. The summed E-state index contributed by atoms with van der Waals surface area (Å²) in [6, 6.07) is 11.8. The fourth-order valence-electron chi connectivity index (χ4n) is 2.51. The summed E-state index contributed by atoms with van der Waals surface area (Å²) in [5.41, 5.74) is 2.33. The molecule has 0 bridgehead atoms. The molecular weight excluding hydrogens is 414 g/mol. The third-order valence-electron chi connectivity index (χ3n) is 3.83. The van der Waals surface area contributed by atoms with Crippen molar-refractivity contribution in [1.82, 2.24) is 15.2 Å². The molecule has 0 saturated carbocycles.